The van der Waals surface area contributed by atoms with Crippen LogP contribution in [0.5, 0.6) is 0 Å². The third-order valence-corrected chi connectivity index (χ3v) is 5.12. The summed E-state index contributed by atoms with van der Waals surface area (Å²) in [5.74, 6) is 1.90. The van der Waals surface area contributed by atoms with Crippen molar-refractivity contribution >= 4 is 5.78 Å². The standard InChI is InChI=1S/C16H24N2O/c1-4-13-16(10(3)19)14(5-2)18(17-13)15-9-11-6-7-12(15)8-11/h11-12,15H,4-9H2,1-3H3. The van der Waals surface area contributed by atoms with E-state index in [4.69, 9.17) is 5.10 Å². The molecule has 1 aromatic rings. The first-order chi connectivity index (χ1) is 9.15. The summed E-state index contributed by atoms with van der Waals surface area (Å²) in [4.78, 5) is 11.9. The Labute approximate surface area is 115 Å². The molecule has 1 heterocycles. The SMILES string of the molecule is CCc1nn(C2CC3CCC2C3)c(CC)c1C(C)=O. The number of carbonyl (C=O) groups excluding carboxylic acids is 1. The molecule has 0 saturated heterocycles. The maximum atomic E-state index is 11.9. The van der Waals surface area contributed by atoms with Crippen LogP contribution in [0.25, 0.3) is 0 Å². The lowest BCUT2D eigenvalue weighted by Gasteiger charge is -2.24. The maximum Gasteiger partial charge on any atom is 0.163 e. The smallest absolute Gasteiger partial charge is 0.163 e. The quantitative estimate of drug-likeness (QED) is 0.776. The van der Waals surface area contributed by atoms with Gasteiger partial charge in [-0.1, -0.05) is 20.3 Å². The minimum absolute atomic E-state index is 0.183. The highest BCUT2D eigenvalue weighted by atomic mass is 16.1. The molecular weight excluding hydrogens is 236 g/mol. The van der Waals surface area contributed by atoms with E-state index in [1.807, 2.05) is 0 Å². The number of hydrogen-bond acceptors (Lipinski definition) is 2. The third-order valence-electron chi connectivity index (χ3n) is 5.12. The van der Waals surface area contributed by atoms with Crippen molar-refractivity contribution in [3.63, 3.8) is 0 Å². The Kier molecular flexibility index (Phi) is 3.23. The fourth-order valence-electron chi connectivity index (χ4n) is 4.30. The van der Waals surface area contributed by atoms with Crippen LogP contribution in [0.2, 0.25) is 0 Å². The summed E-state index contributed by atoms with van der Waals surface area (Å²) in [6.45, 7) is 5.92. The predicted octanol–water partition coefficient (Wildman–Crippen LogP) is 3.57. The van der Waals surface area contributed by atoms with E-state index in [2.05, 4.69) is 18.5 Å². The molecule has 3 nitrogen and oxygen atoms in total. The first kappa shape index (κ1) is 12.9. The normalized spacial score (nSPS) is 29.1. The Hall–Kier alpha value is -1.12. The molecule has 3 atom stereocenters. The zero-order chi connectivity index (χ0) is 13.6. The van der Waals surface area contributed by atoms with E-state index in [9.17, 15) is 4.79 Å². The van der Waals surface area contributed by atoms with Crippen molar-refractivity contribution in [1.29, 1.82) is 0 Å². The Morgan fingerprint density at radius 1 is 1.26 bits per heavy atom. The molecule has 2 saturated carbocycles. The molecule has 0 aromatic carbocycles. The summed E-state index contributed by atoms with van der Waals surface area (Å²) in [5, 5.41) is 4.82. The molecular formula is C16H24N2O. The average Bonchev–Trinajstić information content (AvgIpc) is 3.10. The lowest BCUT2D eigenvalue weighted by Crippen LogP contribution is -2.20. The topological polar surface area (TPSA) is 34.9 Å². The van der Waals surface area contributed by atoms with Gasteiger partial charge in [0.05, 0.1) is 17.3 Å². The number of Topliss-reactive ketones (excluding diaryl/α,β-unsaturated/α-hetero) is 1. The van der Waals surface area contributed by atoms with Gasteiger partial charge >= 0.3 is 0 Å². The number of aromatic nitrogens is 2. The van der Waals surface area contributed by atoms with Crippen LogP contribution in [-0.2, 0) is 12.8 Å². The summed E-state index contributed by atoms with van der Waals surface area (Å²) in [6.07, 6.45) is 7.19. The van der Waals surface area contributed by atoms with Crippen LogP contribution in [0.1, 0.15) is 74.2 Å². The summed E-state index contributed by atoms with van der Waals surface area (Å²) in [6, 6.07) is 0.562. The third kappa shape index (κ3) is 1.94. The van der Waals surface area contributed by atoms with Crippen molar-refractivity contribution in [2.75, 3.05) is 0 Å². The van der Waals surface area contributed by atoms with E-state index in [1.54, 1.807) is 6.92 Å². The molecule has 0 spiro atoms. The van der Waals surface area contributed by atoms with Crippen LogP contribution in [0.4, 0.5) is 0 Å². The zero-order valence-corrected chi connectivity index (χ0v) is 12.3. The van der Waals surface area contributed by atoms with Gasteiger partial charge in [-0.05, 0) is 50.9 Å². The molecule has 2 aliphatic rings. The second-order valence-corrected chi connectivity index (χ2v) is 6.22. The summed E-state index contributed by atoms with van der Waals surface area (Å²) in [5.41, 5.74) is 3.10. The van der Waals surface area contributed by atoms with Gasteiger partial charge in [-0.2, -0.15) is 5.10 Å². The summed E-state index contributed by atoms with van der Waals surface area (Å²) >= 11 is 0. The van der Waals surface area contributed by atoms with Crippen LogP contribution < -0.4 is 0 Å². The highest BCUT2D eigenvalue weighted by molar-refractivity contribution is 5.96. The van der Waals surface area contributed by atoms with Crippen molar-refractivity contribution < 1.29 is 4.79 Å². The van der Waals surface area contributed by atoms with Gasteiger partial charge in [0.2, 0.25) is 0 Å². The van der Waals surface area contributed by atoms with Crippen molar-refractivity contribution in [1.82, 2.24) is 9.78 Å². The van der Waals surface area contributed by atoms with Gasteiger partial charge < -0.3 is 0 Å². The van der Waals surface area contributed by atoms with Crippen molar-refractivity contribution in [2.45, 2.75) is 65.3 Å². The Morgan fingerprint density at radius 2 is 2.05 bits per heavy atom. The molecule has 3 heteroatoms. The van der Waals surface area contributed by atoms with Gasteiger partial charge in [0.1, 0.15) is 0 Å². The van der Waals surface area contributed by atoms with E-state index in [0.717, 1.165) is 35.9 Å². The number of rotatable bonds is 4. The summed E-state index contributed by atoms with van der Waals surface area (Å²) < 4.78 is 2.24. The minimum Gasteiger partial charge on any atom is -0.294 e. The Bertz CT molecular complexity index is 503. The number of hydrogen-bond donors (Lipinski definition) is 0. The second-order valence-electron chi connectivity index (χ2n) is 6.22. The van der Waals surface area contributed by atoms with Gasteiger partial charge in [-0.25, -0.2) is 0 Å². The number of ketones is 1. The number of nitrogens with zero attached hydrogens (tertiary/aromatic N) is 2. The van der Waals surface area contributed by atoms with Gasteiger partial charge in [0, 0.05) is 5.69 Å². The lowest BCUT2D eigenvalue weighted by atomic mass is 9.95. The van der Waals surface area contributed by atoms with Gasteiger partial charge in [-0.3, -0.25) is 9.48 Å². The fourth-order valence-corrected chi connectivity index (χ4v) is 4.30. The highest BCUT2D eigenvalue weighted by Gasteiger charge is 2.42. The number of fused-ring (bicyclic) bond motifs is 2. The van der Waals surface area contributed by atoms with Gasteiger partial charge in [0.15, 0.2) is 5.78 Å². The zero-order valence-electron chi connectivity index (χ0n) is 12.3. The van der Waals surface area contributed by atoms with Crippen molar-refractivity contribution in [3.05, 3.63) is 17.0 Å². The predicted molar refractivity (Wildman–Crippen MR) is 75.5 cm³/mol. The Morgan fingerprint density at radius 3 is 2.53 bits per heavy atom. The molecule has 2 aliphatic carbocycles. The highest BCUT2D eigenvalue weighted by Crippen LogP contribution is 2.51. The van der Waals surface area contributed by atoms with Gasteiger partial charge in [0.25, 0.3) is 0 Å². The van der Waals surface area contributed by atoms with E-state index in [1.165, 1.54) is 31.4 Å². The van der Waals surface area contributed by atoms with Crippen LogP contribution in [-0.4, -0.2) is 15.6 Å². The van der Waals surface area contributed by atoms with E-state index in [0.29, 0.717) is 6.04 Å². The van der Waals surface area contributed by atoms with Gasteiger partial charge in [-0.15, -0.1) is 0 Å². The maximum absolute atomic E-state index is 11.9. The molecule has 19 heavy (non-hydrogen) atoms. The molecule has 0 radical (unpaired) electrons. The first-order valence-electron chi connectivity index (χ1n) is 7.76. The Balaban J connectivity index is 2.03. The molecule has 2 bridgehead atoms. The fraction of sp³-hybridized carbons (Fsp3) is 0.750. The molecule has 1 aromatic heterocycles. The van der Waals surface area contributed by atoms with Crippen LogP contribution in [0.3, 0.4) is 0 Å². The molecule has 0 aliphatic heterocycles. The van der Waals surface area contributed by atoms with E-state index < -0.39 is 0 Å². The number of aryl methyl sites for hydroxylation is 1. The number of carbonyl (C=O) groups is 1. The lowest BCUT2D eigenvalue weighted by molar-refractivity contribution is 0.101. The average molecular weight is 260 g/mol. The summed E-state index contributed by atoms with van der Waals surface area (Å²) in [7, 11) is 0. The van der Waals surface area contributed by atoms with Crippen molar-refractivity contribution in [3.8, 4) is 0 Å². The first-order valence-corrected chi connectivity index (χ1v) is 7.76. The molecule has 2 fully saturated rings. The largest absolute Gasteiger partial charge is 0.294 e. The molecule has 3 unspecified atom stereocenters. The van der Waals surface area contributed by atoms with Crippen LogP contribution in [0.15, 0.2) is 0 Å². The van der Waals surface area contributed by atoms with Crippen molar-refractivity contribution in [2.24, 2.45) is 11.8 Å². The van der Waals surface area contributed by atoms with E-state index in [-0.39, 0.29) is 5.78 Å². The minimum atomic E-state index is 0.183. The molecule has 0 N–H and O–H groups in total. The molecule has 0 amide bonds. The monoisotopic (exact) mass is 260 g/mol. The van der Waals surface area contributed by atoms with E-state index >= 15 is 0 Å². The van der Waals surface area contributed by atoms with Crippen LogP contribution in [0, 0.1) is 11.8 Å². The second kappa shape index (κ2) is 4.77. The van der Waals surface area contributed by atoms with Crippen LogP contribution >= 0.6 is 0 Å². The molecule has 3 rings (SSSR count). The molecule has 104 valence electrons.